The highest BCUT2D eigenvalue weighted by molar-refractivity contribution is 5.92. The number of fused-ring (bicyclic) bond motifs is 6. The normalized spacial score (nSPS) is 48.7. The molecular formula is C22H28O3. The lowest BCUT2D eigenvalue weighted by Crippen LogP contribution is -2.53. The van der Waals surface area contributed by atoms with E-state index in [4.69, 9.17) is 4.74 Å². The number of rotatable bonds is 0. The maximum absolute atomic E-state index is 12.8. The monoisotopic (exact) mass is 340 g/mol. The second kappa shape index (κ2) is 4.94. The van der Waals surface area contributed by atoms with Crippen molar-refractivity contribution in [1.29, 1.82) is 0 Å². The number of hydrogen-bond donors (Lipinski definition) is 0. The molecule has 0 aromatic rings. The molecule has 5 aliphatic rings. The van der Waals surface area contributed by atoms with Gasteiger partial charge in [0.15, 0.2) is 11.6 Å². The minimum absolute atomic E-state index is 0.0448. The Balaban J connectivity index is 1.58. The lowest BCUT2D eigenvalue weighted by molar-refractivity contribution is -0.147. The molecule has 3 heteroatoms. The van der Waals surface area contributed by atoms with Crippen LogP contribution in [0.25, 0.3) is 0 Å². The number of ether oxygens (including phenoxy) is 1. The van der Waals surface area contributed by atoms with Crippen LogP contribution in [0.2, 0.25) is 0 Å². The van der Waals surface area contributed by atoms with Crippen LogP contribution < -0.4 is 0 Å². The number of Topliss-reactive ketones (excluding diaryl/α,β-unsaturated/α-hetero) is 1. The standard InChI is InChI=1S/C22H28O3/c1-20-9-5-15(23)13-14(20)3-4-16-17(20)6-10-21(2)18(16)7-11-22(21)19(24)8-12-25-22/h6,13,16,18H,3-5,7-12H2,1-2H3/t16?,18?,20-,21-,22+/m0/s1. The second-order valence-corrected chi connectivity index (χ2v) is 9.39. The molecule has 5 rings (SSSR count). The zero-order valence-electron chi connectivity index (χ0n) is 15.4. The molecule has 0 bridgehead atoms. The predicted molar refractivity (Wildman–Crippen MR) is 95.0 cm³/mol. The van der Waals surface area contributed by atoms with Crippen molar-refractivity contribution in [3.63, 3.8) is 0 Å². The molecule has 2 unspecified atom stereocenters. The summed E-state index contributed by atoms with van der Waals surface area (Å²) in [6.07, 6.45) is 11.8. The Hall–Kier alpha value is -1.22. The summed E-state index contributed by atoms with van der Waals surface area (Å²) < 4.78 is 6.18. The van der Waals surface area contributed by atoms with Crippen molar-refractivity contribution in [3.8, 4) is 0 Å². The minimum atomic E-state index is -0.515. The summed E-state index contributed by atoms with van der Waals surface area (Å²) in [4.78, 5) is 24.7. The molecule has 1 aliphatic heterocycles. The van der Waals surface area contributed by atoms with Crippen molar-refractivity contribution in [1.82, 2.24) is 0 Å². The SMILES string of the molecule is C[C@]12CCC(=O)C=C1CCC1C2=CC[C@@]2(C)C1CC[C@]21OCCC1=O. The van der Waals surface area contributed by atoms with Gasteiger partial charge in [0.25, 0.3) is 0 Å². The topological polar surface area (TPSA) is 43.4 Å². The molecule has 0 aromatic carbocycles. The number of carbonyl (C=O) groups excluding carboxylic acids is 2. The van der Waals surface area contributed by atoms with Crippen LogP contribution in [0.5, 0.6) is 0 Å². The van der Waals surface area contributed by atoms with Gasteiger partial charge in [-0.3, -0.25) is 9.59 Å². The van der Waals surface area contributed by atoms with E-state index in [2.05, 4.69) is 19.9 Å². The highest BCUT2D eigenvalue weighted by Gasteiger charge is 2.66. The van der Waals surface area contributed by atoms with Crippen LogP contribution in [0.15, 0.2) is 23.3 Å². The van der Waals surface area contributed by atoms with E-state index in [1.807, 2.05) is 6.08 Å². The van der Waals surface area contributed by atoms with E-state index in [1.54, 1.807) is 5.57 Å². The molecule has 0 aromatic heterocycles. The summed E-state index contributed by atoms with van der Waals surface area (Å²) in [5.74, 6) is 1.76. The van der Waals surface area contributed by atoms with Crippen LogP contribution in [0.4, 0.5) is 0 Å². The first-order chi connectivity index (χ1) is 11.9. The van der Waals surface area contributed by atoms with Crippen LogP contribution in [-0.2, 0) is 14.3 Å². The second-order valence-electron chi connectivity index (χ2n) is 9.39. The summed E-state index contributed by atoms with van der Waals surface area (Å²) in [6, 6.07) is 0. The van der Waals surface area contributed by atoms with Gasteiger partial charge in [-0.1, -0.05) is 31.1 Å². The summed E-state index contributed by atoms with van der Waals surface area (Å²) in [5.41, 5.74) is 2.45. The quantitative estimate of drug-likeness (QED) is 0.622. The molecule has 4 aliphatic carbocycles. The number of allylic oxidation sites excluding steroid dienone is 4. The fourth-order valence-electron chi connectivity index (χ4n) is 7.15. The lowest BCUT2D eigenvalue weighted by atomic mass is 9.50. The Kier molecular flexibility index (Phi) is 3.16. The van der Waals surface area contributed by atoms with Crippen LogP contribution in [0.1, 0.15) is 65.2 Å². The molecule has 1 saturated heterocycles. The number of carbonyl (C=O) groups is 2. The average Bonchev–Trinajstić information content (AvgIpc) is 3.10. The van der Waals surface area contributed by atoms with E-state index in [1.165, 1.54) is 5.57 Å². The molecule has 3 fully saturated rings. The zero-order valence-corrected chi connectivity index (χ0v) is 15.4. The van der Waals surface area contributed by atoms with E-state index in [0.29, 0.717) is 42.9 Å². The molecule has 0 radical (unpaired) electrons. The first-order valence-electron chi connectivity index (χ1n) is 10.0. The third kappa shape index (κ3) is 1.81. The van der Waals surface area contributed by atoms with E-state index in [0.717, 1.165) is 38.5 Å². The van der Waals surface area contributed by atoms with Gasteiger partial charge in [-0.2, -0.15) is 0 Å². The van der Waals surface area contributed by atoms with Gasteiger partial charge in [0.1, 0.15) is 5.60 Å². The van der Waals surface area contributed by atoms with E-state index in [9.17, 15) is 9.59 Å². The maximum Gasteiger partial charge on any atom is 0.167 e. The maximum atomic E-state index is 12.8. The van der Waals surface area contributed by atoms with Gasteiger partial charge in [-0.15, -0.1) is 0 Å². The van der Waals surface area contributed by atoms with E-state index < -0.39 is 5.60 Å². The largest absolute Gasteiger partial charge is 0.366 e. The number of hydrogen-bond acceptors (Lipinski definition) is 3. The average molecular weight is 340 g/mol. The van der Waals surface area contributed by atoms with Crippen molar-refractivity contribution in [2.45, 2.75) is 70.8 Å². The Morgan fingerprint density at radius 1 is 1.08 bits per heavy atom. The Morgan fingerprint density at radius 3 is 2.68 bits per heavy atom. The van der Waals surface area contributed by atoms with E-state index >= 15 is 0 Å². The van der Waals surface area contributed by atoms with E-state index in [-0.39, 0.29) is 10.8 Å². The third-order valence-electron chi connectivity index (χ3n) is 8.58. The summed E-state index contributed by atoms with van der Waals surface area (Å²) in [7, 11) is 0. The Bertz CT molecular complexity index is 732. The van der Waals surface area contributed by atoms with Gasteiger partial charge in [0.2, 0.25) is 0 Å². The van der Waals surface area contributed by atoms with Gasteiger partial charge < -0.3 is 4.74 Å². The third-order valence-corrected chi connectivity index (χ3v) is 8.58. The van der Waals surface area contributed by atoms with Crippen LogP contribution in [0, 0.1) is 22.7 Å². The zero-order chi connectivity index (χ0) is 17.4. The van der Waals surface area contributed by atoms with Gasteiger partial charge in [-0.05, 0) is 56.4 Å². The molecular weight excluding hydrogens is 312 g/mol. The first-order valence-corrected chi connectivity index (χ1v) is 10.0. The van der Waals surface area contributed by atoms with Gasteiger partial charge in [0.05, 0.1) is 6.61 Å². The Morgan fingerprint density at radius 2 is 1.92 bits per heavy atom. The smallest absolute Gasteiger partial charge is 0.167 e. The molecule has 0 amide bonds. The van der Waals surface area contributed by atoms with Crippen LogP contribution in [-0.4, -0.2) is 23.8 Å². The molecule has 0 N–H and O–H groups in total. The fourth-order valence-corrected chi connectivity index (χ4v) is 7.15. The van der Waals surface area contributed by atoms with Gasteiger partial charge in [-0.25, -0.2) is 0 Å². The predicted octanol–water partition coefficient (Wildman–Crippen LogP) is 4.17. The molecule has 2 saturated carbocycles. The molecule has 1 heterocycles. The minimum Gasteiger partial charge on any atom is -0.366 e. The molecule has 1 spiro atoms. The van der Waals surface area contributed by atoms with Crippen LogP contribution >= 0.6 is 0 Å². The molecule has 134 valence electrons. The van der Waals surface area contributed by atoms with Crippen molar-refractivity contribution >= 4 is 11.6 Å². The molecule has 25 heavy (non-hydrogen) atoms. The fraction of sp³-hybridized carbons (Fsp3) is 0.727. The van der Waals surface area contributed by atoms with Gasteiger partial charge >= 0.3 is 0 Å². The van der Waals surface area contributed by atoms with Crippen molar-refractivity contribution in [3.05, 3.63) is 23.3 Å². The highest BCUT2D eigenvalue weighted by atomic mass is 16.5. The molecule has 3 nitrogen and oxygen atoms in total. The number of ketones is 2. The molecule has 5 atom stereocenters. The van der Waals surface area contributed by atoms with Crippen molar-refractivity contribution in [2.24, 2.45) is 22.7 Å². The van der Waals surface area contributed by atoms with Crippen LogP contribution in [0.3, 0.4) is 0 Å². The summed E-state index contributed by atoms with van der Waals surface area (Å²) in [6.45, 7) is 5.28. The highest BCUT2D eigenvalue weighted by Crippen LogP contribution is 2.67. The van der Waals surface area contributed by atoms with Gasteiger partial charge in [0, 0.05) is 23.7 Å². The van der Waals surface area contributed by atoms with Crippen molar-refractivity contribution < 1.29 is 14.3 Å². The Labute approximate surface area is 149 Å². The van der Waals surface area contributed by atoms with Crippen molar-refractivity contribution in [2.75, 3.05) is 6.61 Å². The summed E-state index contributed by atoms with van der Waals surface area (Å²) in [5, 5.41) is 0. The summed E-state index contributed by atoms with van der Waals surface area (Å²) >= 11 is 0. The lowest BCUT2D eigenvalue weighted by Gasteiger charge is -2.54. The first kappa shape index (κ1) is 16.0.